The quantitative estimate of drug-likeness (QED) is 0.854. The summed E-state index contributed by atoms with van der Waals surface area (Å²) in [6.07, 6.45) is 0. The molecular formula is C13H13ClN2O4. The van der Waals surface area contributed by atoms with E-state index in [9.17, 15) is 14.4 Å². The summed E-state index contributed by atoms with van der Waals surface area (Å²) in [5.41, 5.74) is 0.302. The Morgan fingerprint density at radius 3 is 2.80 bits per heavy atom. The summed E-state index contributed by atoms with van der Waals surface area (Å²) in [5, 5.41) is 2.93. The Hall–Kier alpha value is -2.08. The van der Waals surface area contributed by atoms with E-state index in [1.54, 1.807) is 6.07 Å². The molecule has 0 spiro atoms. The van der Waals surface area contributed by atoms with Gasteiger partial charge in [-0.2, -0.15) is 0 Å². The molecule has 0 aliphatic carbocycles. The van der Waals surface area contributed by atoms with Crippen molar-refractivity contribution in [1.82, 2.24) is 10.2 Å². The largest absolute Gasteiger partial charge is 0.483 e. The smallest absolute Gasteiger partial charge is 0.324 e. The zero-order valence-corrected chi connectivity index (χ0v) is 11.6. The monoisotopic (exact) mass is 296 g/mol. The SMILES string of the molecule is CC(=O)c1cc(Cl)ccc1OCC(=O)N1CCNC1=O. The van der Waals surface area contributed by atoms with Gasteiger partial charge < -0.3 is 10.1 Å². The number of Topliss-reactive ketones (excluding diaryl/α,β-unsaturated/α-hetero) is 1. The molecule has 2 rings (SSSR count). The van der Waals surface area contributed by atoms with Crippen molar-refractivity contribution in [2.24, 2.45) is 0 Å². The lowest BCUT2D eigenvalue weighted by molar-refractivity contribution is -0.129. The number of urea groups is 1. The van der Waals surface area contributed by atoms with Crippen LogP contribution in [-0.4, -0.2) is 42.3 Å². The number of ketones is 1. The predicted molar refractivity (Wildman–Crippen MR) is 72.1 cm³/mol. The minimum absolute atomic E-state index is 0.214. The zero-order valence-electron chi connectivity index (χ0n) is 10.8. The number of hydrogen-bond donors (Lipinski definition) is 1. The van der Waals surface area contributed by atoms with Gasteiger partial charge in [-0.15, -0.1) is 0 Å². The molecule has 1 heterocycles. The van der Waals surface area contributed by atoms with Gasteiger partial charge in [-0.3, -0.25) is 14.5 Å². The average Bonchev–Trinajstić information content (AvgIpc) is 2.83. The molecule has 1 aliphatic rings. The molecule has 1 aliphatic heterocycles. The van der Waals surface area contributed by atoms with E-state index < -0.39 is 11.9 Å². The van der Waals surface area contributed by atoms with Crippen LogP contribution in [0.3, 0.4) is 0 Å². The molecule has 1 saturated heterocycles. The summed E-state index contributed by atoms with van der Waals surface area (Å²) >= 11 is 5.81. The van der Waals surface area contributed by atoms with E-state index in [0.717, 1.165) is 4.90 Å². The van der Waals surface area contributed by atoms with Gasteiger partial charge in [0.2, 0.25) is 0 Å². The molecule has 3 amide bonds. The van der Waals surface area contributed by atoms with Gasteiger partial charge in [0.05, 0.1) is 5.56 Å². The summed E-state index contributed by atoms with van der Waals surface area (Å²) in [4.78, 5) is 35.7. The van der Waals surface area contributed by atoms with Gasteiger partial charge in [-0.1, -0.05) is 11.6 Å². The maximum absolute atomic E-state index is 11.8. The molecule has 1 N–H and O–H groups in total. The highest BCUT2D eigenvalue weighted by molar-refractivity contribution is 6.31. The molecular weight excluding hydrogens is 284 g/mol. The number of ether oxygens (including phenoxy) is 1. The molecule has 0 unspecified atom stereocenters. The van der Waals surface area contributed by atoms with Gasteiger partial charge in [0, 0.05) is 18.1 Å². The number of imide groups is 1. The lowest BCUT2D eigenvalue weighted by atomic mass is 10.1. The molecule has 0 aromatic heterocycles. The highest BCUT2D eigenvalue weighted by Gasteiger charge is 2.26. The second kappa shape index (κ2) is 5.92. The Morgan fingerprint density at radius 2 is 2.20 bits per heavy atom. The van der Waals surface area contributed by atoms with Crippen LogP contribution in [0.1, 0.15) is 17.3 Å². The Morgan fingerprint density at radius 1 is 1.45 bits per heavy atom. The fourth-order valence-corrected chi connectivity index (χ4v) is 2.00. The van der Waals surface area contributed by atoms with Crippen molar-refractivity contribution in [2.75, 3.05) is 19.7 Å². The van der Waals surface area contributed by atoms with E-state index in [1.165, 1.54) is 19.1 Å². The van der Waals surface area contributed by atoms with Crippen LogP contribution in [-0.2, 0) is 4.79 Å². The van der Waals surface area contributed by atoms with Gasteiger partial charge in [-0.25, -0.2) is 4.79 Å². The molecule has 106 valence electrons. The van der Waals surface area contributed by atoms with Gasteiger partial charge >= 0.3 is 6.03 Å². The number of benzene rings is 1. The van der Waals surface area contributed by atoms with E-state index in [1.807, 2.05) is 0 Å². The number of halogens is 1. The second-order valence-corrected chi connectivity index (χ2v) is 4.70. The maximum atomic E-state index is 11.8. The molecule has 0 radical (unpaired) electrons. The molecule has 1 aromatic carbocycles. The van der Waals surface area contributed by atoms with Crippen LogP contribution in [0.4, 0.5) is 4.79 Å². The summed E-state index contributed by atoms with van der Waals surface area (Å²) in [7, 11) is 0. The summed E-state index contributed by atoms with van der Waals surface area (Å²) < 4.78 is 5.33. The van der Waals surface area contributed by atoms with Gasteiger partial charge in [0.25, 0.3) is 5.91 Å². The molecule has 6 nitrogen and oxygen atoms in total. The lowest BCUT2D eigenvalue weighted by Crippen LogP contribution is -2.37. The third-order valence-corrected chi connectivity index (χ3v) is 3.06. The molecule has 20 heavy (non-hydrogen) atoms. The minimum atomic E-state index is -0.454. The van der Waals surface area contributed by atoms with E-state index >= 15 is 0 Å². The third kappa shape index (κ3) is 3.08. The summed E-state index contributed by atoms with van der Waals surface area (Å²) in [6.45, 7) is 1.83. The Kier molecular flexibility index (Phi) is 4.24. The summed E-state index contributed by atoms with van der Waals surface area (Å²) in [5.74, 6) is -0.395. The topological polar surface area (TPSA) is 75.7 Å². The fraction of sp³-hybridized carbons (Fsp3) is 0.308. The van der Waals surface area contributed by atoms with E-state index in [0.29, 0.717) is 23.7 Å². The van der Waals surface area contributed by atoms with Crippen molar-refractivity contribution in [3.8, 4) is 5.75 Å². The minimum Gasteiger partial charge on any atom is -0.483 e. The standard InChI is InChI=1S/C13H13ClN2O4/c1-8(17)10-6-9(14)2-3-11(10)20-7-12(18)16-5-4-15-13(16)19/h2-3,6H,4-5,7H2,1H3,(H,15,19). The van der Waals surface area contributed by atoms with E-state index in [2.05, 4.69) is 5.32 Å². The number of nitrogens with zero attached hydrogens (tertiary/aromatic N) is 1. The predicted octanol–water partition coefficient (Wildman–Crippen LogP) is 1.47. The highest BCUT2D eigenvalue weighted by atomic mass is 35.5. The van der Waals surface area contributed by atoms with Crippen LogP contribution in [0.5, 0.6) is 5.75 Å². The third-order valence-electron chi connectivity index (χ3n) is 2.83. The zero-order chi connectivity index (χ0) is 14.7. The van der Waals surface area contributed by atoms with Crippen molar-refractivity contribution in [1.29, 1.82) is 0 Å². The van der Waals surface area contributed by atoms with Crippen LogP contribution in [0.2, 0.25) is 5.02 Å². The van der Waals surface area contributed by atoms with Crippen molar-refractivity contribution in [2.45, 2.75) is 6.92 Å². The number of carbonyl (C=O) groups is 3. The van der Waals surface area contributed by atoms with Crippen LogP contribution in [0.25, 0.3) is 0 Å². The first kappa shape index (κ1) is 14.3. The lowest BCUT2D eigenvalue weighted by Gasteiger charge is -2.14. The number of rotatable bonds is 4. The van der Waals surface area contributed by atoms with Gasteiger partial charge in [0.1, 0.15) is 5.75 Å². The van der Waals surface area contributed by atoms with Crippen molar-refractivity contribution < 1.29 is 19.1 Å². The van der Waals surface area contributed by atoms with Crippen LogP contribution in [0.15, 0.2) is 18.2 Å². The number of hydrogen-bond acceptors (Lipinski definition) is 4. The molecule has 7 heteroatoms. The number of amides is 3. The van der Waals surface area contributed by atoms with E-state index in [4.69, 9.17) is 16.3 Å². The highest BCUT2D eigenvalue weighted by Crippen LogP contribution is 2.23. The van der Waals surface area contributed by atoms with Crippen LogP contribution < -0.4 is 10.1 Å². The van der Waals surface area contributed by atoms with Crippen molar-refractivity contribution in [3.05, 3.63) is 28.8 Å². The normalized spacial score (nSPS) is 14.1. The molecule has 1 fully saturated rings. The first-order chi connectivity index (χ1) is 9.49. The molecule has 0 saturated carbocycles. The van der Waals surface area contributed by atoms with E-state index in [-0.39, 0.29) is 18.1 Å². The fourth-order valence-electron chi connectivity index (χ4n) is 1.83. The van der Waals surface area contributed by atoms with Crippen molar-refractivity contribution in [3.63, 3.8) is 0 Å². The van der Waals surface area contributed by atoms with Crippen LogP contribution in [0, 0.1) is 0 Å². The van der Waals surface area contributed by atoms with Gasteiger partial charge in [-0.05, 0) is 25.1 Å². The molecule has 1 aromatic rings. The average molecular weight is 297 g/mol. The summed E-state index contributed by atoms with van der Waals surface area (Å²) in [6, 6.07) is 4.14. The molecule has 0 atom stereocenters. The Bertz CT molecular complexity index is 573. The Labute approximate surface area is 120 Å². The number of carbonyl (C=O) groups excluding carboxylic acids is 3. The van der Waals surface area contributed by atoms with Crippen LogP contribution >= 0.6 is 11.6 Å². The maximum Gasteiger partial charge on any atom is 0.324 e. The number of nitrogens with one attached hydrogen (secondary N) is 1. The van der Waals surface area contributed by atoms with Crippen molar-refractivity contribution >= 4 is 29.3 Å². The Balaban J connectivity index is 2.05. The first-order valence-electron chi connectivity index (χ1n) is 6.00. The molecule has 0 bridgehead atoms. The second-order valence-electron chi connectivity index (χ2n) is 4.26. The first-order valence-corrected chi connectivity index (χ1v) is 6.38. The van der Waals surface area contributed by atoms with Gasteiger partial charge in [0.15, 0.2) is 12.4 Å².